The Bertz CT molecular complexity index is 907. The molecule has 0 aliphatic rings. The number of anilines is 2. The number of benzene rings is 3. The summed E-state index contributed by atoms with van der Waals surface area (Å²) in [6.45, 7) is 0. The highest BCUT2D eigenvalue weighted by atomic mass is 35.5. The number of nitrogens with one attached hydrogen (secondary N) is 1. The summed E-state index contributed by atoms with van der Waals surface area (Å²) in [7, 11) is 1.72. The van der Waals surface area contributed by atoms with Gasteiger partial charge in [-0.3, -0.25) is 9.59 Å². The molecule has 3 aromatic carbocycles. The number of para-hydroxylation sites is 1. The van der Waals surface area contributed by atoms with Gasteiger partial charge in [-0.2, -0.15) is 0 Å². The summed E-state index contributed by atoms with van der Waals surface area (Å²) in [5.41, 5.74) is 2.45. The molecule has 3 aromatic rings. The van der Waals surface area contributed by atoms with Gasteiger partial charge in [-0.05, 0) is 60.7 Å². The Balaban J connectivity index is 1.70. The lowest BCUT2D eigenvalue weighted by Crippen LogP contribution is -2.26. The largest absolute Gasteiger partial charge is 0.322 e. The Labute approximate surface area is 157 Å². The van der Waals surface area contributed by atoms with Crippen LogP contribution in [0.1, 0.15) is 20.7 Å². The lowest BCUT2D eigenvalue weighted by Gasteiger charge is -2.17. The van der Waals surface area contributed by atoms with E-state index in [0.717, 1.165) is 5.69 Å². The molecule has 0 heterocycles. The van der Waals surface area contributed by atoms with Crippen LogP contribution in [0.15, 0.2) is 78.9 Å². The van der Waals surface area contributed by atoms with Crippen molar-refractivity contribution in [2.75, 3.05) is 17.3 Å². The summed E-state index contributed by atoms with van der Waals surface area (Å²) in [6, 6.07) is 22.8. The van der Waals surface area contributed by atoms with E-state index < -0.39 is 0 Å². The first-order valence-electron chi connectivity index (χ1n) is 8.05. The van der Waals surface area contributed by atoms with Crippen molar-refractivity contribution in [3.63, 3.8) is 0 Å². The second-order valence-electron chi connectivity index (χ2n) is 5.74. The maximum atomic E-state index is 12.6. The molecule has 4 nitrogen and oxygen atoms in total. The molecule has 0 fully saturated rings. The van der Waals surface area contributed by atoms with Crippen molar-refractivity contribution in [1.29, 1.82) is 0 Å². The number of hydrogen-bond donors (Lipinski definition) is 1. The van der Waals surface area contributed by atoms with E-state index in [0.29, 0.717) is 21.8 Å². The van der Waals surface area contributed by atoms with Crippen molar-refractivity contribution in [2.24, 2.45) is 0 Å². The Morgan fingerprint density at radius 3 is 2.00 bits per heavy atom. The average molecular weight is 365 g/mol. The van der Waals surface area contributed by atoms with Crippen LogP contribution in [0.2, 0.25) is 5.02 Å². The second-order valence-corrected chi connectivity index (χ2v) is 6.17. The van der Waals surface area contributed by atoms with Crippen molar-refractivity contribution >= 4 is 34.8 Å². The van der Waals surface area contributed by atoms with Gasteiger partial charge in [0.1, 0.15) is 0 Å². The van der Waals surface area contributed by atoms with E-state index in [-0.39, 0.29) is 11.8 Å². The monoisotopic (exact) mass is 364 g/mol. The van der Waals surface area contributed by atoms with Crippen LogP contribution in [0, 0.1) is 0 Å². The summed E-state index contributed by atoms with van der Waals surface area (Å²) in [6.07, 6.45) is 0. The molecule has 3 rings (SSSR count). The minimum Gasteiger partial charge on any atom is -0.322 e. The molecule has 0 aliphatic heterocycles. The van der Waals surface area contributed by atoms with Gasteiger partial charge in [0.15, 0.2) is 0 Å². The van der Waals surface area contributed by atoms with Crippen LogP contribution in [0.4, 0.5) is 11.4 Å². The number of hydrogen-bond acceptors (Lipinski definition) is 2. The minimum atomic E-state index is -0.247. The molecule has 0 saturated carbocycles. The number of nitrogens with zero attached hydrogens (tertiary/aromatic N) is 1. The fourth-order valence-corrected chi connectivity index (χ4v) is 2.59. The first-order chi connectivity index (χ1) is 12.5. The van der Waals surface area contributed by atoms with E-state index in [4.69, 9.17) is 11.6 Å². The topological polar surface area (TPSA) is 49.4 Å². The smallest absolute Gasteiger partial charge is 0.258 e. The third-order valence-electron chi connectivity index (χ3n) is 3.94. The molecular formula is C21H17ClN2O2. The molecule has 2 amide bonds. The maximum absolute atomic E-state index is 12.6. The highest BCUT2D eigenvalue weighted by Gasteiger charge is 2.14. The van der Waals surface area contributed by atoms with E-state index >= 15 is 0 Å². The molecule has 5 heteroatoms. The summed E-state index contributed by atoms with van der Waals surface area (Å²) >= 11 is 5.83. The van der Waals surface area contributed by atoms with Gasteiger partial charge in [0, 0.05) is 34.6 Å². The molecule has 0 atom stereocenters. The van der Waals surface area contributed by atoms with Gasteiger partial charge in [0.05, 0.1) is 0 Å². The standard InChI is InChI=1S/C21H17ClN2O2/c1-24(19-5-3-2-4-6-19)21(26)16-9-7-15(8-10-16)20(25)23-18-13-11-17(22)12-14-18/h2-14H,1H3,(H,23,25). The van der Waals surface area contributed by atoms with Gasteiger partial charge in [0.25, 0.3) is 11.8 Å². The molecule has 0 saturated heterocycles. The van der Waals surface area contributed by atoms with Crippen molar-refractivity contribution in [3.05, 3.63) is 95.0 Å². The molecule has 130 valence electrons. The van der Waals surface area contributed by atoms with E-state index in [2.05, 4.69) is 5.32 Å². The normalized spacial score (nSPS) is 10.2. The van der Waals surface area contributed by atoms with Crippen molar-refractivity contribution < 1.29 is 9.59 Å². The van der Waals surface area contributed by atoms with Gasteiger partial charge in [0.2, 0.25) is 0 Å². The van der Waals surface area contributed by atoms with Gasteiger partial charge in [-0.25, -0.2) is 0 Å². The van der Waals surface area contributed by atoms with Crippen LogP contribution in [-0.4, -0.2) is 18.9 Å². The van der Waals surface area contributed by atoms with Crippen LogP contribution in [0.25, 0.3) is 0 Å². The first-order valence-corrected chi connectivity index (χ1v) is 8.42. The predicted octanol–water partition coefficient (Wildman–Crippen LogP) is 4.87. The molecular weight excluding hydrogens is 348 g/mol. The molecule has 1 N–H and O–H groups in total. The maximum Gasteiger partial charge on any atom is 0.258 e. The van der Waals surface area contributed by atoms with E-state index in [9.17, 15) is 9.59 Å². The highest BCUT2D eigenvalue weighted by Crippen LogP contribution is 2.17. The Morgan fingerprint density at radius 1 is 0.808 bits per heavy atom. The van der Waals surface area contributed by atoms with Gasteiger partial charge < -0.3 is 10.2 Å². The Kier molecular flexibility index (Phi) is 5.34. The number of amides is 2. The number of carbonyl (C=O) groups is 2. The molecule has 0 aromatic heterocycles. The quantitative estimate of drug-likeness (QED) is 0.718. The molecule has 0 radical (unpaired) electrons. The fourth-order valence-electron chi connectivity index (χ4n) is 2.46. The van der Waals surface area contributed by atoms with Crippen LogP contribution in [0.5, 0.6) is 0 Å². The summed E-state index contributed by atoms with van der Waals surface area (Å²) in [5, 5.41) is 3.39. The SMILES string of the molecule is CN(C(=O)c1ccc(C(=O)Nc2ccc(Cl)cc2)cc1)c1ccccc1. The Morgan fingerprint density at radius 2 is 1.38 bits per heavy atom. The van der Waals surface area contributed by atoms with E-state index in [1.54, 1.807) is 60.5 Å². The van der Waals surface area contributed by atoms with Crippen molar-refractivity contribution in [2.45, 2.75) is 0 Å². The summed E-state index contributed by atoms with van der Waals surface area (Å²) in [4.78, 5) is 26.4. The zero-order valence-corrected chi connectivity index (χ0v) is 14.9. The lowest BCUT2D eigenvalue weighted by molar-refractivity contribution is 0.0989. The first kappa shape index (κ1) is 17.7. The highest BCUT2D eigenvalue weighted by molar-refractivity contribution is 6.30. The number of halogens is 1. The lowest BCUT2D eigenvalue weighted by atomic mass is 10.1. The Hall–Kier alpha value is -3.11. The zero-order chi connectivity index (χ0) is 18.5. The zero-order valence-electron chi connectivity index (χ0n) is 14.1. The third-order valence-corrected chi connectivity index (χ3v) is 4.20. The molecule has 0 bridgehead atoms. The predicted molar refractivity (Wildman–Crippen MR) is 105 cm³/mol. The van der Waals surface area contributed by atoms with Gasteiger partial charge in [-0.1, -0.05) is 29.8 Å². The average Bonchev–Trinajstić information content (AvgIpc) is 2.69. The molecule has 26 heavy (non-hydrogen) atoms. The van der Waals surface area contributed by atoms with E-state index in [1.165, 1.54) is 0 Å². The summed E-state index contributed by atoms with van der Waals surface area (Å²) < 4.78 is 0. The second kappa shape index (κ2) is 7.85. The van der Waals surface area contributed by atoms with Gasteiger partial charge >= 0.3 is 0 Å². The molecule has 0 unspecified atom stereocenters. The number of carbonyl (C=O) groups excluding carboxylic acids is 2. The van der Waals surface area contributed by atoms with Crippen LogP contribution in [-0.2, 0) is 0 Å². The van der Waals surface area contributed by atoms with Crippen molar-refractivity contribution in [3.8, 4) is 0 Å². The summed E-state index contributed by atoms with van der Waals surface area (Å²) in [5.74, 6) is -0.386. The van der Waals surface area contributed by atoms with Crippen molar-refractivity contribution in [1.82, 2.24) is 0 Å². The molecule has 0 aliphatic carbocycles. The fraction of sp³-hybridized carbons (Fsp3) is 0.0476. The third kappa shape index (κ3) is 4.10. The van der Waals surface area contributed by atoms with Crippen LogP contribution >= 0.6 is 11.6 Å². The van der Waals surface area contributed by atoms with Gasteiger partial charge in [-0.15, -0.1) is 0 Å². The van der Waals surface area contributed by atoms with Crippen LogP contribution in [0.3, 0.4) is 0 Å². The van der Waals surface area contributed by atoms with Crippen LogP contribution < -0.4 is 10.2 Å². The number of rotatable bonds is 4. The minimum absolute atomic E-state index is 0.138. The molecule has 0 spiro atoms. The van der Waals surface area contributed by atoms with E-state index in [1.807, 2.05) is 30.3 Å².